The molecule has 1 aliphatic carbocycles. The Morgan fingerprint density at radius 1 is 1.50 bits per heavy atom. The number of benzene rings is 1. The molecule has 3 nitrogen and oxygen atoms in total. The van der Waals surface area contributed by atoms with Gasteiger partial charge in [-0.05, 0) is 43.4 Å². The first-order valence-electron chi connectivity index (χ1n) is 6.67. The molecule has 3 rings (SSSR count). The molecule has 1 aliphatic rings. The topological polar surface area (TPSA) is 42.0 Å². The first-order valence-corrected chi connectivity index (χ1v) is 7.87. The number of nitrogens with zero attached hydrogens (tertiary/aromatic N) is 1. The highest BCUT2D eigenvalue weighted by molar-refractivity contribution is 7.15. The lowest BCUT2D eigenvalue weighted by Crippen LogP contribution is -2.11. The lowest BCUT2D eigenvalue weighted by atomic mass is 9.93. The highest BCUT2D eigenvalue weighted by Crippen LogP contribution is 2.32. The normalized spacial score (nSPS) is 17.6. The van der Waals surface area contributed by atoms with Gasteiger partial charge in [-0.25, -0.2) is 4.98 Å². The second-order valence-corrected chi connectivity index (χ2v) is 6.72. The summed E-state index contributed by atoms with van der Waals surface area (Å²) in [7, 11) is 0. The number of rotatable bonds is 2. The van der Waals surface area contributed by atoms with E-state index in [1.165, 1.54) is 11.3 Å². The molecule has 5 heteroatoms. The predicted molar refractivity (Wildman–Crippen MR) is 82.7 cm³/mol. The zero-order valence-electron chi connectivity index (χ0n) is 11.1. The molecule has 0 saturated carbocycles. The Hall–Kier alpha value is -1.39. The van der Waals surface area contributed by atoms with Crippen LogP contribution >= 0.6 is 22.9 Å². The molecule has 0 radical (unpaired) electrons. The van der Waals surface area contributed by atoms with E-state index in [1.54, 1.807) is 35.6 Å². The Morgan fingerprint density at radius 2 is 2.35 bits per heavy atom. The summed E-state index contributed by atoms with van der Waals surface area (Å²) in [5, 5.41) is 4.12. The third kappa shape index (κ3) is 2.86. The van der Waals surface area contributed by atoms with Crippen LogP contribution in [0.25, 0.3) is 0 Å². The van der Waals surface area contributed by atoms with Gasteiger partial charge in [0.1, 0.15) is 0 Å². The molecule has 1 aromatic heterocycles. The fourth-order valence-corrected chi connectivity index (χ4v) is 3.75. The second-order valence-electron chi connectivity index (χ2n) is 5.20. The standard InChI is InChI=1S/C15H15ClN2OS/c1-9-5-6-12-13(7-9)20-15(17-12)18-14(19)10-3-2-4-11(16)8-10/h2-4,8-9H,5-7H2,1H3,(H,17,18,19)/t9-/m0/s1. The van der Waals surface area contributed by atoms with Crippen LogP contribution in [0.4, 0.5) is 5.13 Å². The van der Waals surface area contributed by atoms with Gasteiger partial charge in [0, 0.05) is 15.5 Å². The van der Waals surface area contributed by atoms with Crippen molar-refractivity contribution in [1.82, 2.24) is 4.98 Å². The first kappa shape index (κ1) is 13.6. The number of aromatic nitrogens is 1. The average Bonchev–Trinajstić information content (AvgIpc) is 2.80. The van der Waals surface area contributed by atoms with Gasteiger partial charge >= 0.3 is 0 Å². The largest absolute Gasteiger partial charge is 0.298 e. The lowest BCUT2D eigenvalue weighted by molar-refractivity contribution is 0.102. The van der Waals surface area contributed by atoms with Crippen LogP contribution in [0, 0.1) is 5.92 Å². The number of nitrogens with one attached hydrogen (secondary N) is 1. The fraction of sp³-hybridized carbons (Fsp3) is 0.333. The van der Waals surface area contributed by atoms with Crippen LogP contribution in [0.1, 0.15) is 34.3 Å². The van der Waals surface area contributed by atoms with Crippen LogP contribution in [0.15, 0.2) is 24.3 Å². The highest BCUT2D eigenvalue weighted by atomic mass is 35.5. The number of aryl methyl sites for hydroxylation is 1. The molecule has 1 N–H and O–H groups in total. The maximum absolute atomic E-state index is 12.1. The van der Waals surface area contributed by atoms with E-state index in [2.05, 4.69) is 17.2 Å². The van der Waals surface area contributed by atoms with Gasteiger partial charge in [0.2, 0.25) is 0 Å². The van der Waals surface area contributed by atoms with Crippen molar-refractivity contribution < 1.29 is 4.79 Å². The zero-order chi connectivity index (χ0) is 14.1. The van der Waals surface area contributed by atoms with Crippen LogP contribution in [-0.2, 0) is 12.8 Å². The SMILES string of the molecule is C[C@H]1CCc2nc(NC(=O)c3cccc(Cl)c3)sc2C1. The molecule has 0 spiro atoms. The Bertz CT molecular complexity index is 653. The van der Waals surface area contributed by atoms with Crippen molar-refractivity contribution in [2.75, 3.05) is 5.32 Å². The number of hydrogen-bond donors (Lipinski definition) is 1. The summed E-state index contributed by atoms with van der Waals surface area (Å²) in [6.45, 7) is 2.26. The Morgan fingerprint density at radius 3 is 3.15 bits per heavy atom. The van der Waals surface area contributed by atoms with Crippen LogP contribution in [-0.4, -0.2) is 10.9 Å². The van der Waals surface area contributed by atoms with E-state index in [1.807, 2.05) is 0 Å². The van der Waals surface area contributed by atoms with Crippen LogP contribution in [0.5, 0.6) is 0 Å². The summed E-state index contributed by atoms with van der Waals surface area (Å²) in [5.74, 6) is 0.547. The summed E-state index contributed by atoms with van der Waals surface area (Å²) in [4.78, 5) is 18.0. The molecule has 0 unspecified atom stereocenters. The maximum Gasteiger partial charge on any atom is 0.257 e. The molecule has 2 aromatic rings. The summed E-state index contributed by atoms with van der Waals surface area (Å²) in [5.41, 5.74) is 1.70. The van der Waals surface area contributed by atoms with Crippen molar-refractivity contribution in [2.45, 2.75) is 26.2 Å². The van der Waals surface area contributed by atoms with Crippen molar-refractivity contribution >= 4 is 34.0 Å². The predicted octanol–water partition coefficient (Wildman–Crippen LogP) is 4.17. The van der Waals surface area contributed by atoms with Gasteiger partial charge in [0.15, 0.2) is 5.13 Å². The van der Waals surface area contributed by atoms with Gasteiger partial charge in [-0.3, -0.25) is 10.1 Å². The van der Waals surface area contributed by atoms with E-state index in [9.17, 15) is 4.79 Å². The molecule has 0 saturated heterocycles. The van der Waals surface area contributed by atoms with E-state index in [4.69, 9.17) is 11.6 Å². The van der Waals surface area contributed by atoms with Gasteiger partial charge in [-0.2, -0.15) is 0 Å². The van der Waals surface area contributed by atoms with Gasteiger partial charge < -0.3 is 0 Å². The molecular formula is C15H15ClN2OS. The first-order chi connectivity index (χ1) is 9.61. The average molecular weight is 307 g/mol. The van der Waals surface area contributed by atoms with Crippen molar-refractivity contribution in [3.63, 3.8) is 0 Å². The number of thiazole rings is 1. The summed E-state index contributed by atoms with van der Waals surface area (Å²) < 4.78 is 0. The molecule has 1 amide bonds. The molecule has 1 heterocycles. The molecule has 1 aromatic carbocycles. The van der Waals surface area contributed by atoms with Crippen molar-refractivity contribution in [3.05, 3.63) is 45.4 Å². The van der Waals surface area contributed by atoms with Gasteiger partial charge in [0.05, 0.1) is 5.69 Å². The van der Waals surface area contributed by atoms with E-state index >= 15 is 0 Å². The van der Waals surface area contributed by atoms with Gasteiger partial charge in [-0.15, -0.1) is 11.3 Å². The number of halogens is 1. The molecule has 0 aliphatic heterocycles. The van der Waals surface area contributed by atoms with Crippen molar-refractivity contribution in [3.8, 4) is 0 Å². The number of anilines is 1. The van der Waals surface area contributed by atoms with E-state index in [0.29, 0.717) is 21.6 Å². The van der Waals surface area contributed by atoms with Gasteiger partial charge in [0.25, 0.3) is 5.91 Å². The molecular weight excluding hydrogens is 292 g/mol. The Labute approximate surface area is 127 Å². The third-order valence-electron chi connectivity index (χ3n) is 3.49. The smallest absolute Gasteiger partial charge is 0.257 e. The molecule has 1 atom stereocenters. The lowest BCUT2D eigenvalue weighted by Gasteiger charge is -2.15. The minimum absolute atomic E-state index is 0.161. The monoisotopic (exact) mass is 306 g/mol. The summed E-state index contributed by atoms with van der Waals surface area (Å²) in [6, 6.07) is 6.93. The number of amides is 1. The van der Waals surface area contributed by atoms with Crippen LogP contribution < -0.4 is 5.32 Å². The second kappa shape index (κ2) is 5.54. The minimum Gasteiger partial charge on any atom is -0.298 e. The number of hydrogen-bond acceptors (Lipinski definition) is 3. The summed E-state index contributed by atoms with van der Waals surface area (Å²) in [6.07, 6.45) is 3.26. The van der Waals surface area contributed by atoms with Crippen LogP contribution in [0.2, 0.25) is 5.02 Å². The zero-order valence-corrected chi connectivity index (χ0v) is 12.7. The summed E-state index contributed by atoms with van der Waals surface area (Å²) >= 11 is 7.49. The molecule has 104 valence electrons. The Balaban J connectivity index is 1.77. The van der Waals surface area contributed by atoms with E-state index in [-0.39, 0.29) is 5.91 Å². The number of fused-ring (bicyclic) bond motifs is 1. The number of carbonyl (C=O) groups is 1. The Kier molecular flexibility index (Phi) is 3.76. The molecule has 20 heavy (non-hydrogen) atoms. The van der Waals surface area contributed by atoms with Crippen LogP contribution in [0.3, 0.4) is 0 Å². The van der Waals surface area contributed by atoms with E-state index in [0.717, 1.165) is 18.5 Å². The fourth-order valence-electron chi connectivity index (χ4n) is 2.39. The van der Waals surface area contributed by atoms with Crippen molar-refractivity contribution in [1.29, 1.82) is 0 Å². The highest BCUT2D eigenvalue weighted by Gasteiger charge is 2.20. The molecule has 0 bridgehead atoms. The minimum atomic E-state index is -0.161. The third-order valence-corrected chi connectivity index (χ3v) is 4.76. The molecule has 0 fully saturated rings. The quantitative estimate of drug-likeness (QED) is 0.904. The number of carbonyl (C=O) groups excluding carboxylic acids is 1. The van der Waals surface area contributed by atoms with E-state index < -0.39 is 0 Å². The van der Waals surface area contributed by atoms with Gasteiger partial charge in [-0.1, -0.05) is 24.6 Å². The van der Waals surface area contributed by atoms with Crippen molar-refractivity contribution in [2.24, 2.45) is 5.92 Å². The maximum atomic E-state index is 12.1.